The molecule has 0 spiro atoms. The molecule has 5 nitrogen and oxygen atoms in total. The second-order valence-electron chi connectivity index (χ2n) is 7.92. The van der Waals surface area contributed by atoms with Crippen LogP contribution in [0.2, 0.25) is 0 Å². The second-order valence-corrected chi connectivity index (χ2v) is 7.92. The molecule has 23 heavy (non-hydrogen) atoms. The third-order valence-electron chi connectivity index (χ3n) is 4.58. The number of carbonyl (C=O) groups excluding carboxylic acids is 1. The molecule has 0 bridgehead atoms. The van der Waals surface area contributed by atoms with E-state index in [1.165, 1.54) is 0 Å². The smallest absolute Gasteiger partial charge is 0.231 e. The van der Waals surface area contributed by atoms with E-state index in [2.05, 4.69) is 33.0 Å². The third-order valence-corrected chi connectivity index (χ3v) is 4.58. The highest BCUT2D eigenvalue weighted by Gasteiger charge is 2.39. The van der Waals surface area contributed by atoms with E-state index < -0.39 is 0 Å². The summed E-state index contributed by atoms with van der Waals surface area (Å²) in [5, 5.41) is 3.66. The quantitative estimate of drug-likeness (QED) is 0.867. The first-order chi connectivity index (χ1) is 10.8. The van der Waals surface area contributed by atoms with Crippen molar-refractivity contribution in [2.75, 3.05) is 6.79 Å². The molecule has 0 aliphatic carbocycles. The maximum Gasteiger partial charge on any atom is 0.231 e. The molecule has 1 amide bonds. The number of amides is 1. The molecule has 2 aliphatic rings. The predicted molar refractivity (Wildman–Crippen MR) is 88.5 cm³/mol. The van der Waals surface area contributed by atoms with Gasteiger partial charge in [-0.2, -0.15) is 0 Å². The number of rotatable bonds is 4. The van der Waals surface area contributed by atoms with Crippen LogP contribution in [-0.4, -0.2) is 35.2 Å². The molecule has 0 saturated carbocycles. The van der Waals surface area contributed by atoms with Crippen molar-refractivity contribution in [2.45, 2.75) is 64.2 Å². The van der Waals surface area contributed by atoms with Crippen molar-refractivity contribution in [1.29, 1.82) is 0 Å². The molecule has 1 aromatic rings. The SMILES string of the molecule is CC1(C)CC(N(C=O)Cc2ccc3c(c2)OCO3)CC(C)(C)N1. The van der Waals surface area contributed by atoms with Crippen LogP contribution in [0.25, 0.3) is 0 Å². The van der Waals surface area contributed by atoms with Crippen LogP contribution in [0.4, 0.5) is 0 Å². The van der Waals surface area contributed by atoms with E-state index in [1.54, 1.807) is 0 Å². The van der Waals surface area contributed by atoms with Gasteiger partial charge < -0.3 is 19.7 Å². The van der Waals surface area contributed by atoms with Crippen molar-refractivity contribution in [2.24, 2.45) is 0 Å². The molecular weight excluding hydrogens is 292 g/mol. The van der Waals surface area contributed by atoms with E-state index in [0.29, 0.717) is 6.54 Å². The Balaban J connectivity index is 1.76. The van der Waals surface area contributed by atoms with Gasteiger partial charge >= 0.3 is 0 Å². The molecule has 126 valence electrons. The summed E-state index contributed by atoms with van der Waals surface area (Å²) in [4.78, 5) is 13.6. The standard InChI is InChI=1S/C18H26N2O3/c1-17(2)8-14(9-18(3,4)19-17)20(11-21)10-13-5-6-15-16(7-13)23-12-22-15/h5-7,11,14,19H,8-10,12H2,1-4H3. The van der Waals surface area contributed by atoms with Crippen LogP contribution in [-0.2, 0) is 11.3 Å². The third kappa shape index (κ3) is 3.61. The summed E-state index contributed by atoms with van der Waals surface area (Å²) in [6, 6.07) is 6.11. The predicted octanol–water partition coefficient (Wildman–Crippen LogP) is 2.68. The first kappa shape index (κ1) is 16.1. The first-order valence-electron chi connectivity index (χ1n) is 8.17. The first-order valence-corrected chi connectivity index (χ1v) is 8.17. The van der Waals surface area contributed by atoms with E-state index in [0.717, 1.165) is 36.3 Å². The van der Waals surface area contributed by atoms with Crippen molar-refractivity contribution in [3.05, 3.63) is 23.8 Å². The zero-order valence-electron chi connectivity index (χ0n) is 14.4. The number of fused-ring (bicyclic) bond motifs is 1. The molecule has 0 unspecified atom stereocenters. The Morgan fingerprint density at radius 1 is 1.17 bits per heavy atom. The second kappa shape index (κ2) is 5.71. The molecule has 5 heteroatoms. The fourth-order valence-corrected chi connectivity index (χ4v) is 4.01. The van der Waals surface area contributed by atoms with Crippen LogP contribution in [0.15, 0.2) is 18.2 Å². The fraction of sp³-hybridized carbons (Fsp3) is 0.611. The van der Waals surface area contributed by atoms with Crippen molar-refractivity contribution >= 4 is 6.41 Å². The Hall–Kier alpha value is -1.75. The summed E-state index contributed by atoms with van der Waals surface area (Å²) in [7, 11) is 0. The molecule has 0 atom stereocenters. The van der Waals surface area contributed by atoms with Crippen molar-refractivity contribution in [1.82, 2.24) is 10.2 Å². The molecule has 1 N–H and O–H groups in total. The van der Waals surface area contributed by atoms with Crippen molar-refractivity contribution in [3.8, 4) is 11.5 Å². The summed E-state index contributed by atoms with van der Waals surface area (Å²) >= 11 is 0. The Kier molecular flexibility index (Phi) is 4.00. The van der Waals surface area contributed by atoms with Gasteiger partial charge in [-0.1, -0.05) is 6.07 Å². The van der Waals surface area contributed by atoms with E-state index in [1.807, 2.05) is 23.1 Å². The minimum atomic E-state index is 0.0164. The lowest BCUT2D eigenvalue weighted by Crippen LogP contribution is -2.62. The lowest BCUT2D eigenvalue weighted by atomic mass is 9.79. The summed E-state index contributed by atoms with van der Waals surface area (Å²) in [6.45, 7) is 9.66. The maximum atomic E-state index is 11.7. The number of ether oxygens (including phenoxy) is 2. The van der Waals surface area contributed by atoms with E-state index in [9.17, 15) is 4.79 Å². The number of nitrogens with zero attached hydrogens (tertiary/aromatic N) is 1. The molecule has 1 aromatic carbocycles. The molecule has 1 saturated heterocycles. The minimum absolute atomic E-state index is 0.0164. The lowest BCUT2D eigenvalue weighted by Gasteiger charge is -2.49. The van der Waals surface area contributed by atoms with Crippen LogP contribution in [0.1, 0.15) is 46.1 Å². The highest BCUT2D eigenvalue weighted by atomic mass is 16.7. The van der Waals surface area contributed by atoms with Crippen LogP contribution in [0.3, 0.4) is 0 Å². The highest BCUT2D eigenvalue weighted by molar-refractivity contribution is 5.50. The number of benzene rings is 1. The number of piperidine rings is 1. The monoisotopic (exact) mass is 318 g/mol. The average molecular weight is 318 g/mol. The number of carbonyl (C=O) groups is 1. The summed E-state index contributed by atoms with van der Waals surface area (Å²) in [5.74, 6) is 1.54. The van der Waals surface area contributed by atoms with Gasteiger partial charge in [0.15, 0.2) is 11.5 Å². The molecule has 0 radical (unpaired) electrons. The average Bonchev–Trinajstić information content (AvgIpc) is 2.88. The van der Waals surface area contributed by atoms with Crippen LogP contribution >= 0.6 is 0 Å². The number of hydrogen-bond acceptors (Lipinski definition) is 4. The van der Waals surface area contributed by atoms with Crippen LogP contribution in [0.5, 0.6) is 11.5 Å². The Bertz CT molecular complexity index is 582. The van der Waals surface area contributed by atoms with Gasteiger partial charge in [-0.05, 0) is 58.2 Å². The van der Waals surface area contributed by atoms with Crippen LogP contribution < -0.4 is 14.8 Å². The molecule has 3 rings (SSSR count). The zero-order chi connectivity index (χ0) is 16.7. The lowest BCUT2D eigenvalue weighted by molar-refractivity contribution is -0.122. The van der Waals surface area contributed by atoms with Gasteiger partial charge in [0.25, 0.3) is 0 Å². The minimum Gasteiger partial charge on any atom is -0.454 e. The molecule has 2 aliphatic heterocycles. The van der Waals surface area contributed by atoms with Gasteiger partial charge in [0.05, 0.1) is 0 Å². The molecule has 2 heterocycles. The molecular formula is C18H26N2O3. The van der Waals surface area contributed by atoms with Gasteiger partial charge in [0.2, 0.25) is 13.2 Å². The van der Waals surface area contributed by atoms with Gasteiger partial charge in [-0.25, -0.2) is 0 Å². The Labute approximate surface area is 137 Å². The van der Waals surface area contributed by atoms with E-state index in [-0.39, 0.29) is 23.9 Å². The van der Waals surface area contributed by atoms with Crippen LogP contribution in [0, 0.1) is 0 Å². The van der Waals surface area contributed by atoms with Gasteiger partial charge in [0.1, 0.15) is 0 Å². The fourth-order valence-electron chi connectivity index (χ4n) is 4.01. The number of hydrogen-bond donors (Lipinski definition) is 1. The van der Waals surface area contributed by atoms with Gasteiger partial charge in [-0.3, -0.25) is 4.79 Å². The van der Waals surface area contributed by atoms with Crippen molar-refractivity contribution < 1.29 is 14.3 Å². The summed E-state index contributed by atoms with van der Waals surface area (Å²) in [6.07, 6.45) is 2.87. The summed E-state index contributed by atoms with van der Waals surface area (Å²) in [5.41, 5.74) is 1.10. The Morgan fingerprint density at radius 2 is 1.83 bits per heavy atom. The zero-order valence-corrected chi connectivity index (χ0v) is 14.4. The van der Waals surface area contributed by atoms with Gasteiger partial charge in [0, 0.05) is 23.7 Å². The van der Waals surface area contributed by atoms with Crippen molar-refractivity contribution in [3.63, 3.8) is 0 Å². The number of nitrogens with one attached hydrogen (secondary N) is 1. The maximum absolute atomic E-state index is 11.7. The van der Waals surface area contributed by atoms with Gasteiger partial charge in [-0.15, -0.1) is 0 Å². The highest BCUT2D eigenvalue weighted by Crippen LogP contribution is 2.34. The largest absolute Gasteiger partial charge is 0.454 e. The summed E-state index contributed by atoms with van der Waals surface area (Å²) < 4.78 is 10.8. The van der Waals surface area contributed by atoms with E-state index in [4.69, 9.17) is 9.47 Å². The molecule has 0 aromatic heterocycles. The normalized spacial score (nSPS) is 21.9. The van der Waals surface area contributed by atoms with E-state index >= 15 is 0 Å². The Morgan fingerprint density at radius 3 is 2.48 bits per heavy atom. The molecule has 1 fully saturated rings. The topological polar surface area (TPSA) is 50.8 Å².